The number of nitrogens with one attached hydrogen (secondary N) is 2. The molecule has 1 aromatic heterocycles. The van der Waals surface area contributed by atoms with Gasteiger partial charge < -0.3 is 20.3 Å². The van der Waals surface area contributed by atoms with Crippen molar-refractivity contribution in [2.45, 2.75) is 45.4 Å². The van der Waals surface area contributed by atoms with Crippen LogP contribution in [0.2, 0.25) is 0 Å². The lowest BCUT2D eigenvalue weighted by Gasteiger charge is -2.24. The highest BCUT2D eigenvalue weighted by Gasteiger charge is 2.26. The lowest BCUT2D eigenvalue weighted by Crippen LogP contribution is -2.44. The molecule has 1 aliphatic heterocycles. The van der Waals surface area contributed by atoms with Crippen molar-refractivity contribution in [3.05, 3.63) is 54.0 Å². The van der Waals surface area contributed by atoms with E-state index in [-0.39, 0.29) is 41.4 Å². The number of halogens is 2. The molecule has 1 fully saturated rings. The maximum atomic E-state index is 14.0. The van der Waals surface area contributed by atoms with Crippen molar-refractivity contribution in [1.29, 1.82) is 0 Å². The van der Waals surface area contributed by atoms with Crippen molar-refractivity contribution in [2.75, 3.05) is 25.0 Å². The Morgan fingerprint density at radius 1 is 1.27 bits per heavy atom. The molecule has 0 aliphatic carbocycles. The Morgan fingerprint density at radius 3 is 2.73 bits per heavy atom. The number of hydrogen-bond donors (Lipinski definition) is 2. The standard InChI is InChI=1S/C22H30FN5O.HI/c1-22(2,3)29-19-10-6-5-8-16(19)14-26-21(24-4)27-17-11-13-28(15-17)20-18(23)9-7-12-25-20;/h5-10,12,17H,11,13-15H2,1-4H3,(H2,24,26,27);1H. The molecular weight excluding hydrogens is 496 g/mol. The first-order valence-electron chi connectivity index (χ1n) is 9.95. The van der Waals surface area contributed by atoms with Crippen LogP contribution < -0.4 is 20.3 Å². The Morgan fingerprint density at radius 2 is 2.03 bits per heavy atom. The number of aliphatic imine (C=N–C) groups is 1. The van der Waals surface area contributed by atoms with Crippen LogP contribution in [0.1, 0.15) is 32.8 Å². The van der Waals surface area contributed by atoms with Crippen LogP contribution in [0.25, 0.3) is 0 Å². The number of rotatable bonds is 5. The predicted molar refractivity (Wildman–Crippen MR) is 130 cm³/mol. The van der Waals surface area contributed by atoms with Gasteiger partial charge in [-0.15, -0.1) is 24.0 Å². The minimum absolute atomic E-state index is 0. The fraction of sp³-hybridized carbons (Fsp3) is 0.455. The third kappa shape index (κ3) is 6.72. The van der Waals surface area contributed by atoms with E-state index in [1.54, 1.807) is 19.3 Å². The first-order chi connectivity index (χ1) is 13.9. The molecule has 3 rings (SSSR count). The summed E-state index contributed by atoms with van der Waals surface area (Å²) < 4.78 is 20.0. The largest absolute Gasteiger partial charge is 0.488 e. The summed E-state index contributed by atoms with van der Waals surface area (Å²) >= 11 is 0. The molecule has 0 spiro atoms. The second kappa shape index (κ2) is 10.8. The van der Waals surface area contributed by atoms with Gasteiger partial charge in [-0.1, -0.05) is 18.2 Å². The molecule has 0 radical (unpaired) electrons. The zero-order valence-electron chi connectivity index (χ0n) is 18.0. The molecule has 6 nitrogen and oxygen atoms in total. The van der Waals surface area contributed by atoms with E-state index in [1.807, 2.05) is 49.9 Å². The number of aromatic nitrogens is 1. The van der Waals surface area contributed by atoms with Gasteiger partial charge in [0, 0.05) is 44.5 Å². The molecule has 30 heavy (non-hydrogen) atoms. The monoisotopic (exact) mass is 527 g/mol. The van der Waals surface area contributed by atoms with Crippen molar-refractivity contribution < 1.29 is 9.13 Å². The molecule has 2 heterocycles. The molecule has 2 aromatic rings. The summed E-state index contributed by atoms with van der Waals surface area (Å²) in [4.78, 5) is 10.5. The van der Waals surface area contributed by atoms with Gasteiger partial charge in [-0.25, -0.2) is 9.37 Å². The zero-order chi connectivity index (χ0) is 20.9. The molecule has 0 amide bonds. The second-order valence-electron chi connectivity index (χ2n) is 8.13. The number of nitrogens with zero attached hydrogens (tertiary/aromatic N) is 3. The van der Waals surface area contributed by atoms with Gasteiger partial charge in [0.15, 0.2) is 17.6 Å². The lowest BCUT2D eigenvalue weighted by molar-refractivity contribution is 0.129. The summed E-state index contributed by atoms with van der Waals surface area (Å²) in [5.74, 6) is 1.70. The topological polar surface area (TPSA) is 61.8 Å². The Kier molecular flexibility index (Phi) is 8.69. The van der Waals surface area contributed by atoms with Crippen LogP contribution in [-0.2, 0) is 6.54 Å². The zero-order valence-corrected chi connectivity index (χ0v) is 20.3. The van der Waals surface area contributed by atoms with E-state index in [0.29, 0.717) is 24.9 Å². The molecule has 1 atom stereocenters. The minimum Gasteiger partial charge on any atom is -0.488 e. The van der Waals surface area contributed by atoms with Gasteiger partial charge in [0.2, 0.25) is 0 Å². The number of para-hydroxylation sites is 1. The SMILES string of the molecule is CN=C(NCc1ccccc1OC(C)(C)C)NC1CCN(c2ncccc2F)C1.I. The third-order valence-electron chi connectivity index (χ3n) is 4.63. The summed E-state index contributed by atoms with van der Waals surface area (Å²) in [5, 5.41) is 6.78. The minimum atomic E-state index is -0.286. The number of pyridine rings is 1. The summed E-state index contributed by atoms with van der Waals surface area (Å²) in [6.07, 6.45) is 2.51. The van der Waals surface area contributed by atoms with E-state index in [0.717, 1.165) is 24.3 Å². The molecule has 0 bridgehead atoms. The Labute approximate surface area is 195 Å². The molecule has 2 N–H and O–H groups in total. The van der Waals surface area contributed by atoms with Crippen molar-refractivity contribution in [1.82, 2.24) is 15.6 Å². The van der Waals surface area contributed by atoms with E-state index in [2.05, 4.69) is 20.6 Å². The van der Waals surface area contributed by atoms with Gasteiger partial charge in [0.25, 0.3) is 0 Å². The quantitative estimate of drug-likeness (QED) is 0.350. The maximum Gasteiger partial charge on any atom is 0.191 e. The highest BCUT2D eigenvalue weighted by atomic mass is 127. The van der Waals surface area contributed by atoms with E-state index in [9.17, 15) is 4.39 Å². The summed E-state index contributed by atoms with van der Waals surface area (Å²) in [5.41, 5.74) is 0.804. The van der Waals surface area contributed by atoms with Crippen LogP contribution in [0.4, 0.5) is 10.2 Å². The first kappa shape index (κ1) is 24.2. The Hall–Kier alpha value is -2.10. The molecule has 8 heteroatoms. The Bertz CT molecular complexity index is 855. The number of anilines is 1. The number of ether oxygens (including phenoxy) is 1. The molecule has 1 aliphatic rings. The smallest absolute Gasteiger partial charge is 0.191 e. The summed E-state index contributed by atoms with van der Waals surface area (Å²) in [6, 6.07) is 11.2. The molecule has 1 aromatic carbocycles. The van der Waals surface area contributed by atoms with E-state index in [1.165, 1.54) is 6.07 Å². The van der Waals surface area contributed by atoms with E-state index < -0.39 is 0 Å². The average molecular weight is 527 g/mol. The van der Waals surface area contributed by atoms with Gasteiger partial charge in [-0.05, 0) is 45.4 Å². The van der Waals surface area contributed by atoms with Crippen LogP contribution in [0.3, 0.4) is 0 Å². The third-order valence-corrected chi connectivity index (χ3v) is 4.63. The van der Waals surface area contributed by atoms with Crippen LogP contribution in [0, 0.1) is 5.82 Å². The van der Waals surface area contributed by atoms with Crippen molar-refractivity contribution >= 4 is 35.8 Å². The van der Waals surface area contributed by atoms with Crippen LogP contribution in [0.5, 0.6) is 5.75 Å². The van der Waals surface area contributed by atoms with Gasteiger partial charge >= 0.3 is 0 Å². The van der Waals surface area contributed by atoms with Crippen molar-refractivity contribution in [3.63, 3.8) is 0 Å². The first-order valence-corrected chi connectivity index (χ1v) is 9.95. The number of guanidine groups is 1. The van der Waals surface area contributed by atoms with Crippen molar-refractivity contribution in [2.24, 2.45) is 4.99 Å². The highest BCUT2D eigenvalue weighted by Crippen LogP contribution is 2.23. The highest BCUT2D eigenvalue weighted by molar-refractivity contribution is 14.0. The molecule has 164 valence electrons. The van der Waals surface area contributed by atoms with Crippen LogP contribution >= 0.6 is 24.0 Å². The number of hydrogen-bond acceptors (Lipinski definition) is 4. The van der Waals surface area contributed by atoms with Gasteiger partial charge in [-0.2, -0.15) is 0 Å². The van der Waals surface area contributed by atoms with Gasteiger partial charge in [0.05, 0.1) is 0 Å². The molecular formula is C22H31FIN5O. The van der Waals surface area contributed by atoms with E-state index in [4.69, 9.17) is 4.74 Å². The fourth-order valence-electron chi connectivity index (χ4n) is 3.33. The van der Waals surface area contributed by atoms with Crippen LogP contribution in [0.15, 0.2) is 47.6 Å². The van der Waals surface area contributed by atoms with Gasteiger partial charge in [0.1, 0.15) is 11.4 Å². The maximum absolute atomic E-state index is 14.0. The van der Waals surface area contributed by atoms with Crippen LogP contribution in [-0.4, -0.2) is 42.7 Å². The second-order valence-corrected chi connectivity index (χ2v) is 8.13. The Balaban J connectivity index is 0.00000320. The molecule has 1 saturated heterocycles. The average Bonchev–Trinajstić information content (AvgIpc) is 3.13. The molecule has 0 saturated carbocycles. The fourth-order valence-corrected chi connectivity index (χ4v) is 3.33. The van der Waals surface area contributed by atoms with E-state index >= 15 is 0 Å². The number of benzene rings is 1. The van der Waals surface area contributed by atoms with Gasteiger partial charge in [-0.3, -0.25) is 4.99 Å². The normalized spacial score (nSPS) is 16.8. The molecule has 1 unspecified atom stereocenters. The summed E-state index contributed by atoms with van der Waals surface area (Å²) in [6.45, 7) is 8.14. The van der Waals surface area contributed by atoms with Crippen molar-refractivity contribution in [3.8, 4) is 5.75 Å². The lowest BCUT2D eigenvalue weighted by atomic mass is 10.1. The predicted octanol–water partition coefficient (Wildman–Crippen LogP) is 3.96. The summed E-state index contributed by atoms with van der Waals surface area (Å²) in [7, 11) is 1.75.